The van der Waals surface area contributed by atoms with Crippen LogP contribution < -0.4 is 10.6 Å². The number of hydrogen-bond acceptors (Lipinski definition) is 4. The summed E-state index contributed by atoms with van der Waals surface area (Å²) in [6.07, 6.45) is 5.42. The van der Waals surface area contributed by atoms with Gasteiger partial charge in [-0.2, -0.15) is 0 Å². The zero-order valence-corrected chi connectivity index (χ0v) is 16.6. The summed E-state index contributed by atoms with van der Waals surface area (Å²) in [6.45, 7) is 10.9. The van der Waals surface area contributed by atoms with Crippen molar-refractivity contribution >= 4 is 22.8 Å². The van der Waals surface area contributed by atoms with Gasteiger partial charge in [0.15, 0.2) is 0 Å². The Hall–Kier alpha value is -3.41. The van der Waals surface area contributed by atoms with Crippen molar-refractivity contribution < 1.29 is 4.79 Å². The van der Waals surface area contributed by atoms with Crippen LogP contribution in [-0.4, -0.2) is 33.9 Å². The molecule has 4 rings (SSSR count). The summed E-state index contributed by atoms with van der Waals surface area (Å²) in [4.78, 5) is 25.5. The summed E-state index contributed by atoms with van der Waals surface area (Å²) in [5, 5.41) is 6.30. The summed E-state index contributed by atoms with van der Waals surface area (Å²) in [7, 11) is 0. The smallest absolute Gasteiger partial charge is 0.253 e. The minimum atomic E-state index is -0.0447. The van der Waals surface area contributed by atoms with Crippen LogP contribution in [-0.2, 0) is 0 Å². The number of fused-ring (bicyclic) bond motifs is 2. The molecule has 6 nitrogen and oxygen atoms in total. The number of aromatic amines is 1. The number of para-hydroxylation sites is 1. The third-order valence-electron chi connectivity index (χ3n) is 5.26. The number of nitrogens with one attached hydrogen (secondary N) is 3. The number of hydrogen-bond donors (Lipinski definition) is 3. The topological polar surface area (TPSA) is 82.7 Å². The third kappa shape index (κ3) is 3.53. The first-order chi connectivity index (χ1) is 14.1. The van der Waals surface area contributed by atoms with Crippen LogP contribution in [0.2, 0.25) is 0 Å². The molecule has 0 fully saturated rings. The van der Waals surface area contributed by atoms with Crippen molar-refractivity contribution in [3.05, 3.63) is 66.5 Å². The van der Waals surface area contributed by atoms with Crippen LogP contribution >= 0.6 is 0 Å². The van der Waals surface area contributed by atoms with Gasteiger partial charge in [0.2, 0.25) is 0 Å². The highest BCUT2D eigenvalue weighted by Gasteiger charge is 2.27. The van der Waals surface area contributed by atoms with Crippen molar-refractivity contribution in [1.82, 2.24) is 20.3 Å². The van der Waals surface area contributed by atoms with Gasteiger partial charge in [-0.05, 0) is 31.9 Å². The SMILES string of the molecule is C=CCCNc1nc2c(-c3cc4c([nH]3)[C@@H](CC=C)CNC4=O)cccc2nc1C. The highest BCUT2D eigenvalue weighted by atomic mass is 16.1. The first-order valence-electron chi connectivity index (χ1n) is 9.87. The fourth-order valence-electron chi connectivity index (χ4n) is 3.78. The van der Waals surface area contributed by atoms with Crippen LogP contribution in [0.3, 0.4) is 0 Å². The largest absolute Gasteiger partial charge is 0.368 e. The molecule has 0 saturated carbocycles. The van der Waals surface area contributed by atoms with Crippen LogP contribution in [0.4, 0.5) is 5.82 Å². The molecule has 148 valence electrons. The van der Waals surface area contributed by atoms with E-state index in [4.69, 9.17) is 9.97 Å². The van der Waals surface area contributed by atoms with Gasteiger partial charge in [0, 0.05) is 36.0 Å². The van der Waals surface area contributed by atoms with Crippen molar-refractivity contribution in [3.8, 4) is 11.3 Å². The Balaban J connectivity index is 1.81. The van der Waals surface area contributed by atoms with E-state index in [1.807, 2.05) is 43.3 Å². The lowest BCUT2D eigenvalue weighted by atomic mass is 9.94. The van der Waals surface area contributed by atoms with Gasteiger partial charge in [-0.25, -0.2) is 9.97 Å². The Morgan fingerprint density at radius 3 is 2.90 bits per heavy atom. The maximum Gasteiger partial charge on any atom is 0.253 e. The number of carbonyl (C=O) groups is 1. The molecule has 0 radical (unpaired) electrons. The number of H-pyrrole nitrogens is 1. The van der Waals surface area contributed by atoms with E-state index in [2.05, 4.69) is 28.8 Å². The Morgan fingerprint density at radius 2 is 2.10 bits per heavy atom. The van der Waals surface area contributed by atoms with Gasteiger partial charge >= 0.3 is 0 Å². The Morgan fingerprint density at radius 1 is 1.24 bits per heavy atom. The van der Waals surface area contributed by atoms with E-state index in [0.717, 1.165) is 58.9 Å². The Bertz CT molecular complexity index is 1100. The summed E-state index contributed by atoms with van der Waals surface area (Å²) in [6, 6.07) is 7.86. The van der Waals surface area contributed by atoms with E-state index >= 15 is 0 Å². The minimum absolute atomic E-state index is 0.0447. The number of rotatable bonds is 7. The third-order valence-corrected chi connectivity index (χ3v) is 5.26. The zero-order chi connectivity index (χ0) is 20.4. The predicted octanol–water partition coefficient (Wildman–Crippen LogP) is 4.32. The van der Waals surface area contributed by atoms with Gasteiger partial charge < -0.3 is 15.6 Å². The molecule has 1 aromatic carbocycles. The van der Waals surface area contributed by atoms with Crippen molar-refractivity contribution in [2.45, 2.75) is 25.7 Å². The fourth-order valence-corrected chi connectivity index (χ4v) is 3.78. The summed E-state index contributed by atoms with van der Waals surface area (Å²) >= 11 is 0. The van der Waals surface area contributed by atoms with Crippen molar-refractivity contribution in [2.24, 2.45) is 0 Å². The van der Waals surface area contributed by atoms with Crippen LogP contribution in [0.1, 0.15) is 40.5 Å². The Kier molecular flexibility index (Phi) is 5.16. The summed E-state index contributed by atoms with van der Waals surface area (Å²) < 4.78 is 0. The number of aryl methyl sites for hydroxylation is 1. The summed E-state index contributed by atoms with van der Waals surface area (Å²) in [5.74, 6) is 0.926. The molecule has 3 aromatic rings. The van der Waals surface area contributed by atoms with Gasteiger partial charge in [-0.1, -0.05) is 24.3 Å². The number of nitrogens with zero attached hydrogens (tertiary/aromatic N) is 2. The maximum absolute atomic E-state index is 12.4. The highest BCUT2D eigenvalue weighted by molar-refractivity contribution is 6.00. The zero-order valence-electron chi connectivity index (χ0n) is 16.6. The molecule has 0 spiro atoms. The van der Waals surface area contributed by atoms with E-state index in [-0.39, 0.29) is 11.8 Å². The molecule has 3 heterocycles. The fraction of sp³-hybridized carbons (Fsp3) is 0.261. The maximum atomic E-state index is 12.4. The molecule has 6 heteroatoms. The Labute approximate surface area is 170 Å². The molecule has 1 aliphatic rings. The van der Waals surface area contributed by atoms with Crippen LogP contribution in [0.5, 0.6) is 0 Å². The lowest BCUT2D eigenvalue weighted by Gasteiger charge is -2.21. The monoisotopic (exact) mass is 387 g/mol. The van der Waals surface area contributed by atoms with Gasteiger partial charge in [-0.3, -0.25) is 4.79 Å². The molecule has 0 unspecified atom stereocenters. The van der Waals surface area contributed by atoms with Gasteiger partial charge in [-0.15, -0.1) is 13.2 Å². The van der Waals surface area contributed by atoms with Crippen molar-refractivity contribution in [1.29, 1.82) is 0 Å². The van der Waals surface area contributed by atoms with E-state index in [1.54, 1.807) is 0 Å². The van der Waals surface area contributed by atoms with Crippen LogP contribution in [0, 0.1) is 6.92 Å². The molecule has 0 bridgehead atoms. The number of aromatic nitrogens is 3. The van der Waals surface area contributed by atoms with E-state index in [1.165, 1.54) is 0 Å². The quantitative estimate of drug-likeness (QED) is 0.416. The highest BCUT2D eigenvalue weighted by Crippen LogP contribution is 2.33. The lowest BCUT2D eigenvalue weighted by Crippen LogP contribution is -2.34. The predicted molar refractivity (Wildman–Crippen MR) is 117 cm³/mol. The van der Waals surface area contributed by atoms with E-state index in [9.17, 15) is 4.79 Å². The standard InChI is InChI=1S/C23H25N5O/c1-4-6-11-24-22-14(3)26-18-10-7-9-16(21(18)28-22)19-12-17-20(27-19)15(8-5-2)13-25-23(17)29/h4-5,7,9-10,12,15,27H,1-2,6,8,11,13H2,3H3,(H,24,28)(H,25,29)/t15-/m0/s1. The average molecular weight is 387 g/mol. The van der Waals surface area contributed by atoms with Crippen LogP contribution in [0.25, 0.3) is 22.3 Å². The molecule has 0 aliphatic carbocycles. The number of carbonyl (C=O) groups excluding carboxylic acids is 1. The van der Waals surface area contributed by atoms with Gasteiger partial charge in [0.05, 0.1) is 16.8 Å². The molecular formula is C23H25N5O. The molecule has 2 aromatic heterocycles. The molecule has 1 amide bonds. The van der Waals surface area contributed by atoms with Gasteiger partial charge in [0.1, 0.15) is 11.3 Å². The van der Waals surface area contributed by atoms with E-state index in [0.29, 0.717) is 12.1 Å². The summed E-state index contributed by atoms with van der Waals surface area (Å²) in [5.41, 5.74) is 5.95. The normalized spacial score (nSPS) is 15.6. The van der Waals surface area contributed by atoms with Crippen LogP contribution in [0.15, 0.2) is 49.6 Å². The lowest BCUT2D eigenvalue weighted by molar-refractivity contribution is 0.0940. The number of anilines is 1. The van der Waals surface area contributed by atoms with E-state index < -0.39 is 0 Å². The second-order valence-corrected chi connectivity index (χ2v) is 7.28. The molecule has 29 heavy (non-hydrogen) atoms. The number of allylic oxidation sites excluding steroid dienone is 1. The first-order valence-corrected chi connectivity index (χ1v) is 9.87. The molecule has 1 aliphatic heterocycles. The second-order valence-electron chi connectivity index (χ2n) is 7.28. The van der Waals surface area contributed by atoms with Crippen molar-refractivity contribution in [2.75, 3.05) is 18.4 Å². The van der Waals surface area contributed by atoms with Crippen molar-refractivity contribution in [3.63, 3.8) is 0 Å². The molecule has 0 saturated heterocycles. The molecule has 3 N–H and O–H groups in total. The molecule has 1 atom stereocenters. The first kappa shape index (κ1) is 18.9. The number of amides is 1. The number of benzene rings is 1. The average Bonchev–Trinajstić information content (AvgIpc) is 3.17. The molecular weight excluding hydrogens is 362 g/mol. The minimum Gasteiger partial charge on any atom is -0.368 e. The second kappa shape index (κ2) is 7.91. The van der Waals surface area contributed by atoms with Gasteiger partial charge in [0.25, 0.3) is 5.91 Å².